The molecule has 1 N–H and O–H groups in total. The topological polar surface area (TPSA) is 123 Å². The lowest BCUT2D eigenvalue weighted by Crippen LogP contribution is -2.33. The number of hydrogen-bond acceptors (Lipinski definition) is 7. The monoisotopic (exact) mass is 294 g/mol. The minimum absolute atomic E-state index is 0.0108. The normalized spacial score (nSPS) is 11.0. The summed E-state index contributed by atoms with van der Waals surface area (Å²) in [6, 6.07) is 2.74. The predicted molar refractivity (Wildman–Crippen MR) is 73.1 cm³/mol. The Morgan fingerprint density at radius 1 is 1.43 bits per heavy atom. The number of carbonyl (C=O) groups is 1. The molecule has 0 aliphatic rings. The summed E-state index contributed by atoms with van der Waals surface area (Å²) in [5, 5.41) is 27.2. The van der Waals surface area contributed by atoms with Crippen molar-refractivity contribution in [2.24, 2.45) is 5.92 Å². The molecule has 1 aromatic carbocycles. The molecule has 0 saturated carbocycles. The van der Waals surface area contributed by atoms with E-state index in [2.05, 4.69) is 14.9 Å². The van der Waals surface area contributed by atoms with Crippen LogP contribution < -0.4 is 4.90 Å². The van der Waals surface area contributed by atoms with E-state index in [1.807, 2.05) is 13.8 Å². The molecule has 1 heterocycles. The Labute approximate surface area is 119 Å². The minimum atomic E-state index is -1.00. The van der Waals surface area contributed by atoms with Crippen molar-refractivity contribution < 1.29 is 19.5 Å². The molecule has 9 nitrogen and oxygen atoms in total. The lowest BCUT2D eigenvalue weighted by molar-refractivity contribution is -0.383. The lowest BCUT2D eigenvalue weighted by atomic mass is 10.1. The number of fused-ring (bicyclic) bond motifs is 1. The Bertz CT molecular complexity index is 681. The predicted octanol–water partition coefficient (Wildman–Crippen LogP) is 1.68. The zero-order chi connectivity index (χ0) is 15.6. The average molecular weight is 294 g/mol. The number of carboxylic acid groups (broad SMARTS) is 1. The van der Waals surface area contributed by atoms with Gasteiger partial charge in [0.05, 0.1) is 10.6 Å². The van der Waals surface area contributed by atoms with Gasteiger partial charge < -0.3 is 10.0 Å². The summed E-state index contributed by atoms with van der Waals surface area (Å²) >= 11 is 0. The van der Waals surface area contributed by atoms with E-state index in [-0.39, 0.29) is 29.2 Å². The molecule has 0 fully saturated rings. The van der Waals surface area contributed by atoms with Crippen LogP contribution in [0.2, 0.25) is 0 Å². The molecule has 0 saturated heterocycles. The van der Waals surface area contributed by atoms with Crippen molar-refractivity contribution >= 4 is 28.4 Å². The second-order valence-corrected chi connectivity index (χ2v) is 4.99. The van der Waals surface area contributed by atoms with Crippen LogP contribution in [0.3, 0.4) is 0 Å². The van der Waals surface area contributed by atoms with Crippen LogP contribution >= 0.6 is 0 Å². The SMILES string of the molecule is CC(C)CN(CC(=O)O)c1ccc([N+](=O)[O-])c2nonc12. The number of rotatable bonds is 6. The Balaban J connectivity index is 2.53. The molecule has 0 atom stereocenters. The van der Waals surface area contributed by atoms with E-state index in [9.17, 15) is 14.9 Å². The summed E-state index contributed by atoms with van der Waals surface area (Å²) in [5.74, 6) is -0.798. The summed E-state index contributed by atoms with van der Waals surface area (Å²) in [4.78, 5) is 22.9. The molecule has 0 amide bonds. The van der Waals surface area contributed by atoms with Gasteiger partial charge in [0.15, 0.2) is 5.52 Å². The quantitative estimate of drug-likeness (QED) is 0.630. The van der Waals surface area contributed by atoms with Gasteiger partial charge in [-0.25, -0.2) is 4.63 Å². The zero-order valence-corrected chi connectivity index (χ0v) is 11.5. The highest BCUT2D eigenvalue weighted by Gasteiger charge is 2.23. The third kappa shape index (κ3) is 3.07. The van der Waals surface area contributed by atoms with Crippen LogP contribution in [-0.4, -0.2) is 39.4 Å². The summed E-state index contributed by atoms with van der Waals surface area (Å²) in [6.45, 7) is 4.11. The largest absolute Gasteiger partial charge is 0.480 e. The van der Waals surface area contributed by atoms with E-state index < -0.39 is 10.9 Å². The molecule has 2 aromatic rings. The lowest BCUT2D eigenvalue weighted by Gasteiger charge is -2.24. The van der Waals surface area contributed by atoms with Crippen molar-refractivity contribution in [3.05, 3.63) is 22.2 Å². The van der Waals surface area contributed by atoms with Gasteiger partial charge >= 0.3 is 11.7 Å². The maximum atomic E-state index is 11.0. The van der Waals surface area contributed by atoms with Crippen molar-refractivity contribution in [1.82, 2.24) is 10.3 Å². The third-order valence-corrected chi connectivity index (χ3v) is 2.82. The number of anilines is 1. The number of nitro groups is 1. The van der Waals surface area contributed by atoms with Crippen LogP contribution in [0, 0.1) is 16.0 Å². The van der Waals surface area contributed by atoms with Gasteiger partial charge in [0.1, 0.15) is 6.54 Å². The number of nitrogens with zero attached hydrogens (tertiary/aromatic N) is 4. The van der Waals surface area contributed by atoms with Crippen molar-refractivity contribution in [3.8, 4) is 0 Å². The van der Waals surface area contributed by atoms with Crippen molar-refractivity contribution in [3.63, 3.8) is 0 Å². The number of benzene rings is 1. The molecule has 0 unspecified atom stereocenters. The maximum Gasteiger partial charge on any atom is 0.323 e. The van der Waals surface area contributed by atoms with E-state index in [4.69, 9.17) is 5.11 Å². The number of nitro benzene ring substituents is 1. The number of aromatic nitrogens is 2. The first-order chi connectivity index (χ1) is 9.90. The van der Waals surface area contributed by atoms with Gasteiger partial charge in [0.25, 0.3) is 0 Å². The molecule has 1 aromatic heterocycles. The van der Waals surface area contributed by atoms with Gasteiger partial charge in [-0.2, -0.15) is 0 Å². The molecular weight excluding hydrogens is 280 g/mol. The van der Waals surface area contributed by atoms with Crippen LogP contribution in [0.15, 0.2) is 16.8 Å². The number of aliphatic carboxylic acids is 1. The van der Waals surface area contributed by atoms with Crippen molar-refractivity contribution in [1.29, 1.82) is 0 Å². The maximum absolute atomic E-state index is 11.0. The van der Waals surface area contributed by atoms with Crippen LogP contribution in [0.1, 0.15) is 13.8 Å². The van der Waals surface area contributed by atoms with Crippen molar-refractivity contribution in [2.45, 2.75) is 13.8 Å². The van der Waals surface area contributed by atoms with E-state index in [1.165, 1.54) is 12.1 Å². The first-order valence-electron chi connectivity index (χ1n) is 6.26. The van der Waals surface area contributed by atoms with Gasteiger partial charge in [0, 0.05) is 12.6 Å². The molecule has 0 bridgehead atoms. The highest BCUT2D eigenvalue weighted by atomic mass is 16.6. The smallest absolute Gasteiger partial charge is 0.323 e. The Morgan fingerprint density at radius 3 is 2.67 bits per heavy atom. The molecular formula is C12H14N4O5. The van der Waals surface area contributed by atoms with E-state index in [1.54, 1.807) is 4.90 Å². The van der Waals surface area contributed by atoms with Crippen molar-refractivity contribution in [2.75, 3.05) is 18.0 Å². The molecule has 0 aliphatic heterocycles. The number of non-ortho nitro benzene ring substituents is 1. The molecule has 21 heavy (non-hydrogen) atoms. The first kappa shape index (κ1) is 14.7. The Morgan fingerprint density at radius 2 is 2.10 bits per heavy atom. The van der Waals surface area contributed by atoms with E-state index in [0.717, 1.165) is 0 Å². The number of hydrogen-bond donors (Lipinski definition) is 1. The van der Waals surface area contributed by atoms with E-state index >= 15 is 0 Å². The summed E-state index contributed by atoms with van der Waals surface area (Å²) in [7, 11) is 0. The fourth-order valence-electron chi connectivity index (χ4n) is 2.10. The van der Waals surface area contributed by atoms with Crippen LogP contribution in [0.25, 0.3) is 11.0 Å². The molecule has 2 rings (SSSR count). The molecule has 112 valence electrons. The fourth-order valence-corrected chi connectivity index (χ4v) is 2.10. The Kier molecular flexibility index (Phi) is 4.01. The molecule has 0 radical (unpaired) electrons. The van der Waals surface area contributed by atoms with Crippen LogP contribution in [-0.2, 0) is 4.79 Å². The third-order valence-electron chi connectivity index (χ3n) is 2.82. The van der Waals surface area contributed by atoms with E-state index in [0.29, 0.717) is 12.2 Å². The second-order valence-electron chi connectivity index (χ2n) is 4.99. The standard InChI is InChI=1S/C12H14N4O5/c1-7(2)5-15(6-10(17)18)8-3-4-9(16(19)20)12-11(8)13-21-14-12/h3-4,7H,5-6H2,1-2H3,(H,17,18). The minimum Gasteiger partial charge on any atom is -0.480 e. The average Bonchev–Trinajstić information content (AvgIpc) is 2.84. The van der Waals surface area contributed by atoms with Gasteiger partial charge in [-0.1, -0.05) is 13.8 Å². The summed E-state index contributed by atoms with van der Waals surface area (Å²) in [6.07, 6.45) is 0. The van der Waals surface area contributed by atoms with Gasteiger partial charge in [-0.15, -0.1) is 0 Å². The zero-order valence-electron chi connectivity index (χ0n) is 11.5. The van der Waals surface area contributed by atoms with Gasteiger partial charge in [0.2, 0.25) is 5.52 Å². The molecule has 0 spiro atoms. The second kappa shape index (κ2) is 5.73. The Hall–Kier alpha value is -2.71. The first-order valence-corrected chi connectivity index (χ1v) is 6.26. The summed E-state index contributed by atoms with van der Waals surface area (Å²) < 4.78 is 4.58. The van der Waals surface area contributed by atoms with Crippen LogP contribution in [0.4, 0.5) is 11.4 Å². The van der Waals surface area contributed by atoms with Crippen LogP contribution in [0.5, 0.6) is 0 Å². The van der Waals surface area contributed by atoms with Gasteiger partial charge in [-0.05, 0) is 22.3 Å². The highest BCUT2D eigenvalue weighted by Crippen LogP contribution is 2.31. The number of carboxylic acids is 1. The fraction of sp³-hybridized carbons (Fsp3) is 0.417. The molecule has 0 aliphatic carbocycles. The molecule has 9 heteroatoms. The summed E-state index contributed by atoms with van der Waals surface area (Å²) in [5.41, 5.74) is 0.422. The highest BCUT2D eigenvalue weighted by molar-refractivity contribution is 5.94. The van der Waals surface area contributed by atoms with Gasteiger partial charge in [-0.3, -0.25) is 14.9 Å².